The SMILES string of the molecule is COCC(C)(C)c1ccncc1. The second-order valence-electron chi connectivity index (χ2n) is 3.55. The zero-order valence-electron chi connectivity index (χ0n) is 7.87. The number of aromatic nitrogens is 1. The van der Waals surface area contributed by atoms with Gasteiger partial charge in [0.25, 0.3) is 0 Å². The van der Waals surface area contributed by atoms with Crippen LogP contribution in [0.5, 0.6) is 0 Å². The molecule has 0 radical (unpaired) electrons. The van der Waals surface area contributed by atoms with E-state index in [4.69, 9.17) is 4.74 Å². The molecule has 0 unspecified atom stereocenters. The summed E-state index contributed by atoms with van der Waals surface area (Å²) in [4.78, 5) is 3.98. The van der Waals surface area contributed by atoms with Crippen molar-refractivity contribution in [2.75, 3.05) is 13.7 Å². The standard InChI is InChI=1S/C10H15NO/c1-10(2,8-12-3)9-4-6-11-7-5-9/h4-7H,8H2,1-3H3. The van der Waals surface area contributed by atoms with Crippen LogP contribution in [0.15, 0.2) is 24.5 Å². The molecule has 0 saturated carbocycles. The smallest absolute Gasteiger partial charge is 0.0553 e. The number of nitrogens with zero attached hydrogens (tertiary/aromatic N) is 1. The molecule has 0 bridgehead atoms. The van der Waals surface area contributed by atoms with Crippen LogP contribution in [0.25, 0.3) is 0 Å². The van der Waals surface area contributed by atoms with Crippen molar-refractivity contribution in [3.8, 4) is 0 Å². The van der Waals surface area contributed by atoms with Crippen LogP contribution in [0.2, 0.25) is 0 Å². The Morgan fingerprint density at radius 1 is 1.33 bits per heavy atom. The molecule has 0 saturated heterocycles. The molecule has 2 nitrogen and oxygen atoms in total. The van der Waals surface area contributed by atoms with E-state index in [2.05, 4.69) is 18.8 Å². The zero-order valence-corrected chi connectivity index (χ0v) is 7.87. The fraction of sp³-hybridized carbons (Fsp3) is 0.500. The average molecular weight is 165 g/mol. The van der Waals surface area contributed by atoms with Gasteiger partial charge in [-0.25, -0.2) is 0 Å². The van der Waals surface area contributed by atoms with E-state index in [-0.39, 0.29) is 5.41 Å². The number of methoxy groups -OCH3 is 1. The third-order valence-corrected chi connectivity index (χ3v) is 1.97. The highest BCUT2D eigenvalue weighted by Gasteiger charge is 2.19. The molecule has 0 fully saturated rings. The van der Waals surface area contributed by atoms with Crippen molar-refractivity contribution in [2.45, 2.75) is 19.3 Å². The predicted molar refractivity (Wildman–Crippen MR) is 49.1 cm³/mol. The van der Waals surface area contributed by atoms with Crippen molar-refractivity contribution < 1.29 is 4.74 Å². The Bertz CT molecular complexity index is 231. The van der Waals surface area contributed by atoms with Crippen LogP contribution in [0.3, 0.4) is 0 Å². The fourth-order valence-electron chi connectivity index (χ4n) is 1.25. The molecule has 0 spiro atoms. The summed E-state index contributed by atoms with van der Waals surface area (Å²) < 4.78 is 5.14. The Hall–Kier alpha value is -0.890. The molecule has 12 heavy (non-hydrogen) atoms. The summed E-state index contributed by atoms with van der Waals surface area (Å²) in [7, 11) is 1.73. The van der Waals surface area contributed by atoms with E-state index in [0.29, 0.717) is 0 Å². The van der Waals surface area contributed by atoms with Crippen LogP contribution in [0, 0.1) is 0 Å². The Kier molecular flexibility index (Phi) is 2.82. The highest BCUT2D eigenvalue weighted by molar-refractivity contribution is 5.20. The van der Waals surface area contributed by atoms with Gasteiger partial charge in [0, 0.05) is 24.9 Å². The molecule has 0 atom stereocenters. The van der Waals surface area contributed by atoms with E-state index < -0.39 is 0 Å². The summed E-state index contributed by atoms with van der Waals surface area (Å²) >= 11 is 0. The number of pyridine rings is 1. The summed E-state index contributed by atoms with van der Waals surface area (Å²) in [5.41, 5.74) is 1.34. The van der Waals surface area contributed by atoms with E-state index in [1.54, 1.807) is 7.11 Å². The summed E-state index contributed by atoms with van der Waals surface area (Å²) in [5.74, 6) is 0. The van der Waals surface area contributed by atoms with Crippen LogP contribution in [-0.4, -0.2) is 18.7 Å². The van der Waals surface area contributed by atoms with Gasteiger partial charge in [-0.1, -0.05) is 13.8 Å². The molecule has 66 valence electrons. The van der Waals surface area contributed by atoms with Crippen LogP contribution in [-0.2, 0) is 10.2 Å². The van der Waals surface area contributed by atoms with E-state index in [0.717, 1.165) is 6.61 Å². The Labute approximate surface area is 73.6 Å². The van der Waals surface area contributed by atoms with E-state index in [1.165, 1.54) is 5.56 Å². The minimum absolute atomic E-state index is 0.0810. The topological polar surface area (TPSA) is 22.1 Å². The molecule has 1 aromatic rings. The molecule has 1 rings (SSSR count). The highest BCUT2D eigenvalue weighted by Crippen LogP contribution is 2.21. The van der Waals surface area contributed by atoms with Gasteiger partial charge in [-0.15, -0.1) is 0 Å². The number of rotatable bonds is 3. The maximum atomic E-state index is 5.14. The number of ether oxygens (including phenoxy) is 1. The largest absolute Gasteiger partial charge is 0.384 e. The molecule has 0 amide bonds. The van der Waals surface area contributed by atoms with Gasteiger partial charge >= 0.3 is 0 Å². The first kappa shape index (κ1) is 9.20. The van der Waals surface area contributed by atoms with Crippen molar-refractivity contribution >= 4 is 0 Å². The summed E-state index contributed by atoms with van der Waals surface area (Å²) in [6.45, 7) is 5.05. The van der Waals surface area contributed by atoms with Crippen LogP contribution in [0.1, 0.15) is 19.4 Å². The second-order valence-corrected chi connectivity index (χ2v) is 3.55. The summed E-state index contributed by atoms with van der Waals surface area (Å²) in [6.07, 6.45) is 3.62. The summed E-state index contributed by atoms with van der Waals surface area (Å²) in [6, 6.07) is 4.05. The Morgan fingerprint density at radius 3 is 2.42 bits per heavy atom. The lowest BCUT2D eigenvalue weighted by atomic mass is 9.86. The maximum absolute atomic E-state index is 5.14. The molecular weight excluding hydrogens is 150 g/mol. The minimum atomic E-state index is 0.0810. The molecule has 0 aromatic carbocycles. The third-order valence-electron chi connectivity index (χ3n) is 1.97. The quantitative estimate of drug-likeness (QED) is 0.683. The average Bonchev–Trinajstić information content (AvgIpc) is 2.06. The predicted octanol–water partition coefficient (Wildman–Crippen LogP) is 2.01. The number of hydrogen-bond donors (Lipinski definition) is 0. The Balaban J connectivity index is 2.82. The minimum Gasteiger partial charge on any atom is -0.384 e. The lowest BCUT2D eigenvalue weighted by molar-refractivity contribution is 0.146. The molecule has 1 aromatic heterocycles. The molecule has 1 heterocycles. The third kappa shape index (κ3) is 2.05. The van der Waals surface area contributed by atoms with Gasteiger partial charge in [0.15, 0.2) is 0 Å². The van der Waals surface area contributed by atoms with Crippen LogP contribution < -0.4 is 0 Å². The van der Waals surface area contributed by atoms with Crippen molar-refractivity contribution in [1.29, 1.82) is 0 Å². The second kappa shape index (κ2) is 3.68. The van der Waals surface area contributed by atoms with Gasteiger partial charge < -0.3 is 4.74 Å². The maximum Gasteiger partial charge on any atom is 0.0553 e. The van der Waals surface area contributed by atoms with Gasteiger partial charge in [0.05, 0.1) is 6.61 Å². The Morgan fingerprint density at radius 2 is 1.92 bits per heavy atom. The highest BCUT2D eigenvalue weighted by atomic mass is 16.5. The molecule has 0 N–H and O–H groups in total. The van der Waals surface area contributed by atoms with Crippen molar-refractivity contribution in [2.24, 2.45) is 0 Å². The van der Waals surface area contributed by atoms with Crippen molar-refractivity contribution in [3.63, 3.8) is 0 Å². The van der Waals surface area contributed by atoms with Gasteiger partial charge in [-0.2, -0.15) is 0 Å². The number of hydrogen-bond acceptors (Lipinski definition) is 2. The molecule has 0 aliphatic heterocycles. The van der Waals surface area contributed by atoms with E-state index in [9.17, 15) is 0 Å². The molecule has 0 aliphatic rings. The van der Waals surface area contributed by atoms with Gasteiger partial charge in [0.1, 0.15) is 0 Å². The van der Waals surface area contributed by atoms with E-state index >= 15 is 0 Å². The van der Waals surface area contributed by atoms with Crippen LogP contribution in [0.4, 0.5) is 0 Å². The lowest BCUT2D eigenvalue weighted by Gasteiger charge is -2.23. The molecule has 0 aliphatic carbocycles. The summed E-state index contributed by atoms with van der Waals surface area (Å²) in [5, 5.41) is 0. The molecular formula is C10H15NO. The first-order valence-corrected chi connectivity index (χ1v) is 4.06. The first-order valence-electron chi connectivity index (χ1n) is 4.06. The van der Waals surface area contributed by atoms with Gasteiger partial charge in [-0.05, 0) is 17.7 Å². The van der Waals surface area contributed by atoms with E-state index in [1.807, 2.05) is 24.5 Å². The lowest BCUT2D eigenvalue weighted by Crippen LogP contribution is -2.23. The van der Waals surface area contributed by atoms with Crippen LogP contribution >= 0.6 is 0 Å². The fourth-order valence-corrected chi connectivity index (χ4v) is 1.25. The van der Waals surface area contributed by atoms with Crippen molar-refractivity contribution in [1.82, 2.24) is 4.98 Å². The van der Waals surface area contributed by atoms with Gasteiger partial charge in [0.2, 0.25) is 0 Å². The van der Waals surface area contributed by atoms with Crippen molar-refractivity contribution in [3.05, 3.63) is 30.1 Å². The zero-order chi connectivity index (χ0) is 9.03. The molecule has 2 heteroatoms. The first-order chi connectivity index (χ1) is 5.67. The monoisotopic (exact) mass is 165 g/mol. The normalized spacial score (nSPS) is 11.6. The van der Waals surface area contributed by atoms with Gasteiger partial charge in [-0.3, -0.25) is 4.98 Å².